The first-order valence-electron chi connectivity index (χ1n) is 7.13. The minimum absolute atomic E-state index is 0.613. The normalized spacial score (nSPS) is 16.7. The molecule has 0 atom stereocenters. The highest BCUT2D eigenvalue weighted by Crippen LogP contribution is 2.34. The topological polar surface area (TPSA) is 42.1 Å². The van der Waals surface area contributed by atoms with E-state index < -0.39 is 0 Å². The number of anilines is 2. The molecule has 0 saturated heterocycles. The molecule has 0 aliphatic heterocycles. The van der Waals surface area contributed by atoms with Crippen LogP contribution in [0.5, 0.6) is 0 Å². The Morgan fingerprint density at radius 1 is 1.16 bits per heavy atom. The number of nitrogen functional groups attached to an aromatic ring is 1. The van der Waals surface area contributed by atoms with Gasteiger partial charge in [-0.3, -0.25) is 4.98 Å². The summed E-state index contributed by atoms with van der Waals surface area (Å²) < 4.78 is 0. The number of aromatic nitrogens is 1. The van der Waals surface area contributed by atoms with Crippen molar-refractivity contribution in [3.05, 3.63) is 30.5 Å². The summed E-state index contributed by atoms with van der Waals surface area (Å²) >= 11 is 0. The van der Waals surface area contributed by atoms with Crippen molar-refractivity contribution in [1.29, 1.82) is 0 Å². The lowest BCUT2D eigenvalue weighted by atomic mass is 9.94. The Hall–Kier alpha value is -1.77. The lowest BCUT2D eigenvalue weighted by molar-refractivity contribution is 0.428. The highest BCUT2D eigenvalue weighted by Gasteiger charge is 2.21. The van der Waals surface area contributed by atoms with Crippen LogP contribution in [0, 0.1) is 0 Å². The second-order valence-electron chi connectivity index (χ2n) is 5.48. The van der Waals surface area contributed by atoms with Gasteiger partial charge in [0.15, 0.2) is 0 Å². The van der Waals surface area contributed by atoms with Gasteiger partial charge in [-0.15, -0.1) is 0 Å². The Kier molecular flexibility index (Phi) is 3.28. The van der Waals surface area contributed by atoms with Crippen molar-refractivity contribution in [3.63, 3.8) is 0 Å². The zero-order chi connectivity index (χ0) is 13.2. The lowest BCUT2D eigenvalue weighted by Crippen LogP contribution is -2.34. The van der Waals surface area contributed by atoms with Gasteiger partial charge in [0.1, 0.15) is 0 Å². The maximum atomic E-state index is 6.19. The molecule has 100 valence electrons. The van der Waals surface area contributed by atoms with Crippen molar-refractivity contribution in [2.75, 3.05) is 17.7 Å². The Labute approximate surface area is 114 Å². The van der Waals surface area contributed by atoms with Crippen molar-refractivity contribution in [1.82, 2.24) is 4.98 Å². The molecule has 3 rings (SSSR count). The highest BCUT2D eigenvalue weighted by atomic mass is 15.1. The Balaban J connectivity index is 2.05. The number of pyridine rings is 1. The predicted molar refractivity (Wildman–Crippen MR) is 81.4 cm³/mol. The molecule has 2 N–H and O–H groups in total. The van der Waals surface area contributed by atoms with Gasteiger partial charge < -0.3 is 10.6 Å². The molecule has 1 saturated carbocycles. The van der Waals surface area contributed by atoms with Gasteiger partial charge in [-0.2, -0.15) is 0 Å². The largest absolute Gasteiger partial charge is 0.396 e. The van der Waals surface area contributed by atoms with Crippen LogP contribution in [0.1, 0.15) is 32.1 Å². The van der Waals surface area contributed by atoms with E-state index in [0.29, 0.717) is 6.04 Å². The number of rotatable bonds is 2. The number of benzene rings is 1. The van der Waals surface area contributed by atoms with E-state index in [-0.39, 0.29) is 0 Å². The van der Waals surface area contributed by atoms with Crippen LogP contribution in [0.25, 0.3) is 10.9 Å². The maximum Gasteiger partial charge on any atom is 0.0745 e. The Morgan fingerprint density at radius 2 is 1.89 bits per heavy atom. The van der Waals surface area contributed by atoms with E-state index in [1.54, 1.807) is 6.20 Å². The molecule has 1 aliphatic carbocycles. The van der Waals surface area contributed by atoms with Crippen LogP contribution in [0.3, 0.4) is 0 Å². The van der Waals surface area contributed by atoms with Crippen LogP contribution in [-0.2, 0) is 0 Å². The van der Waals surface area contributed by atoms with Crippen LogP contribution in [0.4, 0.5) is 11.4 Å². The van der Waals surface area contributed by atoms with Crippen LogP contribution < -0.4 is 10.6 Å². The minimum atomic E-state index is 0.613. The smallest absolute Gasteiger partial charge is 0.0745 e. The van der Waals surface area contributed by atoms with E-state index in [1.807, 2.05) is 12.1 Å². The van der Waals surface area contributed by atoms with E-state index in [0.717, 1.165) is 22.3 Å². The molecule has 1 aromatic heterocycles. The first-order chi connectivity index (χ1) is 9.27. The van der Waals surface area contributed by atoms with Crippen molar-refractivity contribution in [3.8, 4) is 0 Å². The van der Waals surface area contributed by atoms with Crippen LogP contribution in [-0.4, -0.2) is 18.1 Å². The lowest BCUT2D eigenvalue weighted by Gasteiger charge is -2.34. The van der Waals surface area contributed by atoms with Crippen molar-refractivity contribution in [2.45, 2.75) is 38.1 Å². The van der Waals surface area contributed by atoms with Crippen LogP contribution >= 0.6 is 0 Å². The molecule has 1 fully saturated rings. The average Bonchev–Trinajstić information content (AvgIpc) is 2.47. The van der Waals surface area contributed by atoms with Crippen molar-refractivity contribution >= 4 is 22.3 Å². The molecule has 0 amide bonds. The third-order valence-corrected chi connectivity index (χ3v) is 4.25. The summed E-state index contributed by atoms with van der Waals surface area (Å²) in [6, 6.07) is 8.86. The van der Waals surface area contributed by atoms with Gasteiger partial charge in [0, 0.05) is 18.5 Å². The van der Waals surface area contributed by atoms with E-state index in [1.165, 1.54) is 32.1 Å². The summed E-state index contributed by atoms with van der Waals surface area (Å²) in [5.41, 5.74) is 9.15. The quantitative estimate of drug-likeness (QED) is 0.891. The number of fused-ring (bicyclic) bond motifs is 1. The SMILES string of the molecule is CN(c1c(N)cnc2ccccc12)C1CCCCC1. The fourth-order valence-corrected chi connectivity index (χ4v) is 3.19. The maximum absolute atomic E-state index is 6.19. The number of hydrogen-bond acceptors (Lipinski definition) is 3. The Morgan fingerprint density at radius 3 is 2.68 bits per heavy atom. The number of para-hydroxylation sites is 1. The summed E-state index contributed by atoms with van der Waals surface area (Å²) in [6.07, 6.45) is 8.36. The summed E-state index contributed by atoms with van der Waals surface area (Å²) in [7, 11) is 2.17. The minimum Gasteiger partial charge on any atom is -0.396 e. The van der Waals surface area contributed by atoms with Gasteiger partial charge in [-0.05, 0) is 18.9 Å². The monoisotopic (exact) mass is 255 g/mol. The molecular formula is C16H21N3. The van der Waals surface area contributed by atoms with E-state index in [9.17, 15) is 0 Å². The standard InChI is InChI=1S/C16H21N3/c1-19(12-7-3-2-4-8-12)16-13-9-5-6-10-15(13)18-11-14(16)17/h5-6,9-12H,2-4,7-8,17H2,1H3. The predicted octanol–water partition coefficient (Wildman–Crippen LogP) is 3.59. The molecule has 19 heavy (non-hydrogen) atoms. The van der Waals surface area contributed by atoms with Gasteiger partial charge in [0.25, 0.3) is 0 Å². The molecule has 0 spiro atoms. The molecule has 1 heterocycles. The molecule has 0 unspecified atom stereocenters. The molecule has 1 aliphatic rings. The van der Waals surface area contributed by atoms with Gasteiger partial charge in [-0.1, -0.05) is 37.5 Å². The summed E-state index contributed by atoms with van der Waals surface area (Å²) in [5.74, 6) is 0. The zero-order valence-electron chi connectivity index (χ0n) is 11.5. The van der Waals surface area contributed by atoms with Gasteiger partial charge in [0.2, 0.25) is 0 Å². The summed E-state index contributed by atoms with van der Waals surface area (Å²) in [4.78, 5) is 6.79. The zero-order valence-corrected chi connectivity index (χ0v) is 11.5. The number of nitrogens with zero attached hydrogens (tertiary/aromatic N) is 2. The molecule has 3 nitrogen and oxygen atoms in total. The van der Waals surface area contributed by atoms with Gasteiger partial charge in [-0.25, -0.2) is 0 Å². The fourth-order valence-electron chi connectivity index (χ4n) is 3.19. The van der Waals surface area contributed by atoms with Crippen molar-refractivity contribution in [2.24, 2.45) is 0 Å². The van der Waals surface area contributed by atoms with Crippen LogP contribution in [0.15, 0.2) is 30.5 Å². The third-order valence-electron chi connectivity index (χ3n) is 4.25. The second kappa shape index (κ2) is 5.08. The summed E-state index contributed by atoms with van der Waals surface area (Å²) in [5, 5.41) is 1.16. The Bertz CT molecular complexity index is 573. The molecule has 0 radical (unpaired) electrons. The van der Waals surface area contributed by atoms with Crippen molar-refractivity contribution < 1.29 is 0 Å². The number of hydrogen-bond donors (Lipinski definition) is 1. The van der Waals surface area contributed by atoms with Crippen LogP contribution in [0.2, 0.25) is 0 Å². The average molecular weight is 255 g/mol. The molecule has 2 aromatic rings. The van der Waals surface area contributed by atoms with Gasteiger partial charge in [0.05, 0.1) is 23.1 Å². The highest BCUT2D eigenvalue weighted by molar-refractivity contribution is 5.97. The first kappa shape index (κ1) is 12.3. The third kappa shape index (κ3) is 2.25. The fraction of sp³-hybridized carbons (Fsp3) is 0.438. The number of nitrogens with two attached hydrogens (primary N) is 1. The molecular weight excluding hydrogens is 234 g/mol. The van der Waals surface area contributed by atoms with E-state index in [4.69, 9.17) is 5.73 Å². The second-order valence-corrected chi connectivity index (χ2v) is 5.48. The molecule has 0 bridgehead atoms. The molecule has 3 heteroatoms. The summed E-state index contributed by atoms with van der Waals surface area (Å²) in [6.45, 7) is 0. The van der Waals surface area contributed by atoms with E-state index >= 15 is 0 Å². The first-order valence-corrected chi connectivity index (χ1v) is 7.13. The van der Waals surface area contributed by atoms with Gasteiger partial charge >= 0.3 is 0 Å². The molecule has 1 aromatic carbocycles. The van der Waals surface area contributed by atoms with E-state index in [2.05, 4.69) is 29.1 Å².